The third-order valence-corrected chi connectivity index (χ3v) is 4.49. The number of allylic oxidation sites excluding steroid dienone is 1. The Labute approximate surface area is 143 Å². The second-order valence-electron chi connectivity index (χ2n) is 6.65. The van der Waals surface area contributed by atoms with Crippen molar-refractivity contribution in [2.24, 2.45) is 4.99 Å². The quantitative estimate of drug-likeness (QED) is 0.316. The molecule has 0 amide bonds. The van der Waals surface area contributed by atoms with Crippen molar-refractivity contribution < 1.29 is 4.84 Å². The van der Waals surface area contributed by atoms with Crippen molar-refractivity contribution in [1.82, 2.24) is 5.48 Å². The zero-order valence-corrected chi connectivity index (χ0v) is 15.8. The normalized spacial score (nSPS) is 15.3. The molecule has 0 fully saturated rings. The number of unbranched alkanes of at least 4 members (excludes halogenated alkanes) is 7. The van der Waals surface area contributed by atoms with Crippen LogP contribution in [0.5, 0.6) is 0 Å². The molecule has 0 saturated heterocycles. The van der Waals surface area contributed by atoms with Gasteiger partial charge in [-0.15, -0.1) is 0 Å². The van der Waals surface area contributed by atoms with Gasteiger partial charge in [0.05, 0.1) is 0 Å². The molecule has 1 aliphatic heterocycles. The number of nitrogens with zero attached hydrogens (tertiary/aromatic N) is 1. The molecule has 134 valence electrons. The third-order valence-electron chi connectivity index (χ3n) is 4.49. The Morgan fingerprint density at radius 2 is 1.61 bits per heavy atom. The van der Waals surface area contributed by atoms with Gasteiger partial charge in [0.15, 0.2) is 0 Å². The highest BCUT2D eigenvalue weighted by Crippen LogP contribution is 2.21. The van der Waals surface area contributed by atoms with Gasteiger partial charge in [-0.2, -0.15) is 0 Å². The highest BCUT2D eigenvalue weighted by Gasteiger charge is 2.19. The van der Waals surface area contributed by atoms with Gasteiger partial charge in [0.25, 0.3) is 0 Å². The number of hydrogen-bond acceptors (Lipinski definition) is 3. The standard InChI is InChI=1S/C20H38N2O/c1-4-7-10-12-15-20-18(17-23-22-20)19(14-11-8-5-2)21-16-13-9-6-3/h22H,4-17H2,1-3H3. The van der Waals surface area contributed by atoms with E-state index in [9.17, 15) is 0 Å². The van der Waals surface area contributed by atoms with E-state index in [2.05, 4.69) is 26.3 Å². The second kappa shape index (κ2) is 13.6. The van der Waals surface area contributed by atoms with Crippen LogP contribution in [0.4, 0.5) is 0 Å². The van der Waals surface area contributed by atoms with E-state index in [1.54, 1.807) is 0 Å². The Morgan fingerprint density at radius 1 is 0.913 bits per heavy atom. The molecular weight excluding hydrogens is 284 g/mol. The predicted molar refractivity (Wildman–Crippen MR) is 101 cm³/mol. The Morgan fingerprint density at radius 3 is 2.35 bits per heavy atom. The van der Waals surface area contributed by atoms with Crippen LogP contribution in [0.25, 0.3) is 0 Å². The lowest BCUT2D eigenvalue weighted by Gasteiger charge is -2.10. The average Bonchev–Trinajstić information content (AvgIpc) is 3.02. The summed E-state index contributed by atoms with van der Waals surface area (Å²) in [6.45, 7) is 8.44. The van der Waals surface area contributed by atoms with Crippen molar-refractivity contribution in [2.45, 2.75) is 97.8 Å². The van der Waals surface area contributed by atoms with Gasteiger partial charge in [-0.05, 0) is 32.1 Å². The molecule has 1 N–H and O–H groups in total. The third kappa shape index (κ3) is 8.55. The summed E-state index contributed by atoms with van der Waals surface area (Å²) in [5.74, 6) is 0. The minimum absolute atomic E-state index is 0.696. The van der Waals surface area contributed by atoms with Crippen molar-refractivity contribution in [3.05, 3.63) is 11.3 Å². The zero-order chi connectivity index (χ0) is 16.8. The van der Waals surface area contributed by atoms with E-state index in [4.69, 9.17) is 9.83 Å². The summed E-state index contributed by atoms with van der Waals surface area (Å²) in [6, 6.07) is 0. The van der Waals surface area contributed by atoms with Crippen molar-refractivity contribution >= 4 is 5.71 Å². The summed E-state index contributed by atoms with van der Waals surface area (Å²) >= 11 is 0. The number of hydroxylamine groups is 1. The molecule has 0 saturated carbocycles. The number of hydrogen-bond donors (Lipinski definition) is 1. The Hall–Kier alpha value is -0.830. The minimum atomic E-state index is 0.696. The molecule has 3 heteroatoms. The van der Waals surface area contributed by atoms with E-state index >= 15 is 0 Å². The molecule has 1 heterocycles. The summed E-state index contributed by atoms with van der Waals surface area (Å²) in [5.41, 5.74) is 7.12. The fourth-order valence-electron chi connectivity index (χ4n) is 2.98. The average molecular weight is 323 g/mol. The summed E-state index contributed by atoms with van der Waals surface area (Å²) < 4.78 is 0. The summed E-state index contributed by atoms with van der Waals surface area (Å²) in [5, 5.41) is 0. The fraction of sp³-hybridized carbons (Fsp3) is 0.850. The van der Waals surface area contributed by atoms with Crippen molar-refractivity contribution in [2.75, 3.05) is 13.2 Å². The van der Waals surface area contributed by atoms with Crippen molar-refractivity contribution in [3.63, 3.8) is 0 Å². The molecule has 1 aliphatic rings. The van der Waals surface area contributed by atoms with Gasteiger partial charge in [0.1, 0.15) is 6.61 Å². The van der Waals surface area contributed by atoms with Gasteiger partial charge in [-0.3, -0.25) is 15.3 Å². The van der Waals surface area contributed by atoms with Crippen LogP contribution in [0.3, 0.4) is 0 Å². The molecule has 23 heavy (non-hydrogen) atoms. The molecule has 0 radical (unpaired) electrons. The molecule has 3 nitrogen and oxygen atoms in total. The SMILES string of the molecule is CCCCCCC1=C(C(CCCCC)=NCCCCC)CON1. The molecule has 0 aliphatic carbocycles. The van der Waals surface area contributed by atoms with Gasteiger partial charge >= 0.3 is 0 Å². The van der Waals surface area contributed by atoms with Crippen LogP contribution < -0.4 is 5.48 Å². The van der Waals surface area contributed by atoms with Gasteiger partial charge in [0, 0.05) is 23.5 Å². The maximum atomic E-state index is 5.54. The van der Waals surface area contributed by atoms with Crippen LogP contribution in [0.2, 0.25) is 0 Å². The molecule has 0 spiro atoms. The molecule has 0 aromatic carbocycles. The van der Waals surface area contributed by atoms with Gasteiger partial charge < -0.3 is 0 Å². The van der Waals surface area contributed by atoms with Crippen molar-refractivity contribution in [3.8, 4) is 0 Å². The maximum Gasteiger partial charge on any atom is 0.103 e. The van der Waals surface area contributed by atoms with Gasteiger partial charge in [-0.1, -0.05) is 65.7 Å². The Balaban J connectivity index is 2.63. The molecule has 0 unspecified atom stereocenters. The maximum absolute atomic E-state index is 5.54. The molecule has 0 aromatic heterocycles. The van der Waals surface area contributed by atoms with E-state index in [0.717, 1.165) is 19.4 Å². The lowest BCUT2D eigenvalue weighted by molar-refractivity contribution is 0.105. The van der Waals surface area contributed by atoms with Gasteiger partial charge in [-0.25, -0.2) is 0 Å². The fourth-order valence-corrected chi connectivity index (χ4v) is 2.98. The first kappa shape index (κ1) is 20.2. The Bertz CT molecular complexity index is 361. The first-order chi connectivity index (χ1) is 11.3. The summed E-state index contributed by atoms with van der Waals surface area (Å²) in [4.78, 5) is 10.5. The van der Waals surface area contributed by atoms with Gasteiger partial charge in [0.2, 0.25) is 0 Å². The highest BCUT2D eigenvalue weighted by molar-refractivity contribution is 6.01. The molecule has 0 bridgehead atoms. The van der Waals surface area contributed by atoms with Crippen LogP contribution in [-0.2, 0) is 4.84 Å². The predicted octanol–water partition coefficient (Wildman–Crippen LogP) is 5.96. The topological polar surface area (TPSA) is 33.6 Å². The van der Waals surface area contributed by atoms with Crippen LogP contribution in [0.15, 0.2) is 16.3 Å². The largest absolute Gasteiger partial charge is 0.289 e. The number of rotatable bonds is 14. The minimum Gasteiger partial charge on any atom is -0.289 e. The van der Waals surface area contributed by atoms with E-state index in [0.29, 0.717) is 6.61 Å². The first-order valence-electron chi connectivity index (χ1n) is 9.96. The van der Waals surface area contributed by atoms with E-state index < -0.39 is 0 Å². The zero-order valence-electron chi connectivity index (χ0n) is 15.8. The van der Waals surface area contributed by atoms with E-state index in [1.165, 1.54) is 81.2 Å². The van der Waals surface area contributed by atoms with E-state index in [-0.39, 0.29) is 0 Å². The molecule has 1 rings (SSSR count). The number of aliphatic imine (C=N–C) groups is 1. The lowest BCUT2D eigenvalue weighted by Crippen LogP contribution is -2.09. The lowest BCUT2D eigenvalue weighted by atomic mass is 10.00. The first-order valence-corrected chi connectivity index (χ1v) is 9.96. The summed E-state index contributed by atoms with van der Waals surface area (Å²) in [7, 11) is 0. The van der Waals surface area contributed by atoms with E-state index in [1.807, 2.05) is 0 Å². The number of nitrogens with one attached hydrogen (secondary N) is 1. The Kier molecular flexibility index (Phi) is 11.9. The molecule has 0 aromatic rings. The second-order valence-corrected chi connectivity index (χ2v) is 6.65. The van der Waals surface area contributed by atoms with Crippen LogP contribution in [0.1, 0.15) is 97.8 Å². The monoisotopic (exact) mass is 322 g/mol. The van der Waals surface area contributed by atoms with Crippen molar-refractivity contribution in [1.29, 1.82) is 0 Å². The van der Waals surface area contributed by atoms with Crippen LogP contribution in [0, 0.1) is 0 Å². The molecular formula is C20H38N2O. The summed E-state index contributed by atoms with van der Waals surface area (Å²) in [6.07, 6.45) is 15.0. The molecule has 0 atom stereocenters. The van der Waals surface area contributed by atoms with Crippen LogP contribution >= 0.6 is 0 Å². The smallest absolute Gasteiger partial charge is 0.103 e. The highest BCUT2D eigenvalue weighted by atomic mass is 16.6. The van der Waals surface area contributed by atoms with Crippen LogP contribution in [-0.4, -0.2) is 18.9 Å².